The molecule has 192 valence electrons. The fourth-order valence-corrected chi connectivity index (χ4v) is 5.25. The van der Waals surface area contributed by atoms with Crippen LogP contribution in [0.15, 0.2) is 42.5 Å². The highest BCUT2D eigenvalue weighted by molar-refractivity contribution is 7.92. The second-order valence-corrected chi connectivity index (χ2v) is 11.0. The van der Waals surface area contributed by atoms with Gasteiger partial charge in [-0.05, 0) is 56.0 Å². The summed E-state index contributed by atoms with van der Waals surface area (Å²) in [5.41, 5.74) is 1.86. The van der Waals surface area contributed by atoms with Crippen LogP contribution in [-0.4, -0.2) is 50.5 Å². The summed E-state index contributed by atoms with van der Waals surface area (Å²) in [6, 6.07) is 11.6. The molecule has 1 atom stereocenters. The van der Waals surface area contributed by atoms with Crippen LogP contribution in [0.5, 0.6) is 0 Å². The Morgan fingerprint density at radius 2 is 1.69 bits per heavy atom. The molecule has 0 saturated heterocycles. The SMILES string of the molecule is CCNC(=O)C(CC)N(Cc1ccccc1Cl)C(=O)CCCN(c1cccc(Cl)c1C)S(C)(=O)=O. The summed E-state index contributed by atoms with van der Waals surface area (Å²) in [7, 11) is -3.60. The van der Waals surface area contributed by atoms with Crippen molar-refractivity contribution in [1.29, 1.82) is 0 Å². The molecule has 0 aliphatic carbocycles. The summed E-state index contributed by atoms with van der Waals surface area (Å²) in [6.07, 6.45) is 1.88. The number of sulfonamides is 1. The number of anilines is 1. The minimum Gasteiger partial charge on any atom is -0.355 e. The molecule has 2 amide bonds. The molecular weight excluding hydrogens is 509 g/mol. The Morgan fingerprint density at radius 3 is 2.29 bits per heavy atom. The first-order valence-corrected chi connectivity index (χ1v) is 14.1. The lowest BCUT2D eigenvalue weighted by atomic mass is 10.1. The third-order valence-corrected chi connectivity index (χ3v) is 7.65. The fourth-order valence-electron chi connectivity index (χ4n) is 3.87. The van der Waals surface area contributed by atoms with Gasteiger partial charge in [-0.25, -0.2) is 8.42 Å². The number of hydrogen-bond donors (Lipinski definition) is 1. The molecule has 35 heavy (non-hydrogen) atoms. The van der Waals surface area contributed by atoms with E-state index in [4.69, 9.17) is 23.2 Å². The van der Waals surface area contributed by atoms with Gasteiger partial charge in [-0.15, -0.1) is 0 Å². The zero-order chi connectivity index (χ0) is 26.2. The van der Waals surface area contributed by atoms with Gasteiger partial charge in [-0.3, -0.25) is 13.9 Å². The predicted octanol–water partition coefficient (Wildman–Crippen LogP) is 4.79. The highest BCUT2D eigenvalue weighted by Crippen LogP contribution is 2.28. The minimum absolute atomic E-state index is 0.0615. The molecule has 0 spiro atoms. The van der Waals surface area contributed by atoms with Crippen molar-refractivity contribution in [2.45, 2.75) is 52.6 Å². The molecule has 2 aromatic rings. The lowest BCUT2D eigenvalue weighted by Crippen LogP contribution is -2.49. The maximum absolute atomic E-state index is 13.4. The molecule has 0 saturated carbocycles. The van der Waals surface area contributed by atoms with E-state index < -0.39 is 16.1 Å². The van der Waals surface area contributed by atoms with Crippen molar-refractivity contribution in [3.05, 3.63) is 63.6 Å². The van der Waals surface area contributed by atoms with Crippen LogP contribution in [0.3, 0.4) is 0 Å². The number of halogens is 2. The van der Waals surface area contributed by atoms with E-state index in [0.29, 0.717) is 34.3 Å². The highest BCUT2D eigenvalue weighted by atomic mass is 35.5. The Balaban J connectivity index is 2.25. The number of nitrogens with zero attached hydrogens (tertiary/aromatic N) is 2. The van der Waals surface area contributed by atoms with Gasteiger partial charge in [0.2, 0.25) is 21.8 Å². The van der Waals surface area contributed by atoms with E-state index >= 15 is 0 Å². The third-order valence-electron chi connectivity index (χ3n) is 5.70. The Kier molecular flexibility index (Phi) is 10.9. The number of amides is 2. The van der Waals surface area contributed by atoms with Gasteiger partial charge in [0.05, 0.1) is 11.9 Å². The van der Waals surface area contributed by atoms with Crippen LogP contribution < -0.4 is 9.62 Å². The highest BCUT2D eigenvalue weighted by Gasteiger charge is 2.29. The van der Waals surface area contributed by atoms with E-state index in [1.807, 2.05) is 26.0 Å². The van der Waals surface area contributed by atoms with E-state index in [-0.39, 0.29) is 37.7 Å². The monoisotopic (exact) mass is 541 g/mol. The largest absolute Gasteiger partial charge is 0.355 e. The zero-order valence-corrected chi connectivity index (χ0v) is 22.9. The average molecular weight is 543 g/mol. The number of benzene rings is 2. The molecule has 0 heterocycles. The van der Waals surface area contributed by atoms with E-state index in [0.717, 1.165) is 11.8 Å². The molecule has 0 radical (unpaired) electrons. The predicted molar refractivity (Wildman–Crippen MR) is 142 cm³/mol. The molecule has 7 nitrogen and oxygen atoms in total. The van der Waals surface area contributed by atoms with E-state index in [1.165, 1.54) is 9.21 Å². The Labute approximate surface area is 218 Å². The molecule has 2 rings (SSSR count). The molecule has 1 unspecified atom stereocenters. The lowest BCUT2D eigenvalue weighted by Gasteiger charge is -2.31. The van der Waals surface area contributed by atoms with Crippen LogP contribution in [0.2, 0.25) is 10.0 Å². The molecule has 0 aromatic heterocycles. The number of nitrogens with one attached hydrogen (secondary N) is 1. The average Bonchev–Trinajstić information content (AvgIpc) is 2.79. The molecular formula is C25H33Cl2N3O4S. The van der Waals surface area contributed by atoms with Crippen LogP contribution in [0.25, 0.3) is 0 Å². The molecule has 1 N–H and O–H groups in total. The van der Waals surface area contributed by atoms with Gasteiger partial charge in [0, 0.05) is 36.1 Å². The Hall–Kier alpha value is -2.29. The van der Waals surface area contributed by atoms with E-state index in [2.05, 4.69) is 5.32 Å². The van der Waals surface area contributed by atoms with Gasteiger partial charge in [-0.1, -0.05) is 54.4 Å². The first kappa shape index (κ1) is 28.9. The first-order chi connectivity index (χ1) is 16.5. The quantitative estimate of drug-likeness (QED) is 0.418. The smallest absolute Gasteiger partial charge is 0.242 e. The van der Waals surface area contributed by atoms with Crippen LogP contribution in [0.1, 0.15) is 44.2 Å². The summed E-state index contributed by atoms with van der Waals surface area (Å²) in [5.74, 6) is -0.484. The van der Waals surface area contributed by atoms with E-state index in [9.17, 15) is 18.0 Å². The van der Waals surface area contributed by atoms with Crippen LogP contribution >= 0.6 is 23.2 Å². The summed E-state index contributed by atoms with van der Waals surface area (Å²) in [4.78, 5) is 27.6. The normalized spacial score (nSPS) is 12.2. The number of carbonyl (C=O) groups excluding carboxylic acids is 2. The summed E-state index contributed by atoms with van der Waals surface area (Å²) < 4.78 is 26.3. The molecule has 2 aromatic carbocycles. The van der Waals surface area contributed by atoms with Crippen molar-refractivity contribution < 1.29 is 18.0 Å². The Morgan fingerprint density at radius 1 is 1.03 bits per heavy atom. The van der Waals surface area contributed by atoms with Crippen molar-refractivity contribution in [2.75, 3.05) is 23.7 Å². The van der Waals surface area contributed by atoms with E-state index in [1.54, 1.807) is 37.3 Å². The third kappa shape index (κ3) is 7.85. The van der Waals surface area contributed by atoms with Gasteiger partial charge >= 0.3 is 0 Å². The molecule has 0 aliphatic heterocycles. The minimum atomic E-state index is -3.60. The maximum atomic E-state index is 13.4. The summed E-state index contributed by atoms with van der Waals surface area (Å²) in [6.45, 7) is 6.15. The van der Waals surface area contributed by atoms with Crippen molar-refractivity contribution in [3.63, 3.8) is 0 Å². The second-order valence-electron chi connectivity index (χ2n) is 8.25. The van der Waals surface area contributed by atoms with Gasteiger partial charge in [0.1, 0.15) is 6.04 Å². The number of hydrogen-bond acceptors (Lipinski definition) is 4. The first-order valence-electron chi connectivity index (χ1n) is 11.5. The topological polar surface area (TPSA) is 86.8 Å². The fraction of sp³-hybridized carbons (Fsp3) is 0.440. The van der Waals surface area contributed by atoms with Crippen molar-refractivity contribution in [3.8, 4) is 0 Å². The summed E-state index contributed by atoms with van der Waals surface area (Å²) >= 11 is 12.5. The zero-order valence-electron chi connectivity index (χ0n) is 20.6. The van der Waals surface area contributed by atoms with Crippen molar-refractivity contribution in [2.24, 2.45) is 0 Å². The number of likely N-dealkylation sites (N-methyl/N-ethyl adjacent to an activating group) is 1. The van der Waals surface area contributed by atoms with Gasteiger partial charge in [0.25, 0.3) is 0 Å². The standard InChI is InChI=1S/C25H33Cl2N3O4S/c1-5-22(25(32)28-6-2)29(17-19-11-7-8-12-21(19)27)24(31)15-10-16-30(35(4,33)34)23-14-9-13-20(26)18(23)3/h7-9,11-14,22H,5-6,10,15-17H2,1-4H3,(H,28,32). The lowest BCUT2D eigenvalue weighted by molar-refractivity contribution is -0.141. The maximum Gasteiger partial charge on any atom is 0.242 e. The number of carbonyl (C=O) groups is 2. The van der Waals surface area contributed by atoms with Crippen LogP contribution in [-0.2, 0) is 26.2 Å². The number of rotatable bonds is 12. The van der Waals surface area contributed by atoms with Crippen LogP contribution in [0, 0.1) is 6.92 Å². The molecule has 0 fully saturated rings. The van der Waals surface area contributed by atoms with Gasteiger partial charge < -0.3 is 10.2 Å². The molecule has 0 bridgehead atoms. The molecule has 0 aliphatic rings. The Bertz CT molecular complexity index is 1140. The second kappa shape index (κ2) is 13.1. The van der Waals surface area contributed by atoms with Gasteiger partial charge in [0.15, 0.2) is 0 Å². The molecule has 10 heteroatoms. The van der Waals surface area contributed by atoms with Crippen molar-refractivity contribution in [1.82, 2.24) is 10.2 Å². The van der Waals surface area contributed by atoms with Gasteiger partial charge in [-0.2, -0.15) is 0 Å². The van der Waals surface area contributed by atoms with Crippen molar-refractivity contribution >= 4 is 50.7 Å². The van der Waals surface area contributed by atoms with Crippen LogP contribution in [0.4, 0.5) is 5.69 Å². The summed E-state index contributed by atoms with van der Waals surface area (Å²) in [5, 5.41) is 3.77.